The normalized spacial score (nSPS) is 22.8. The summed E-state index contributed by atoms with van der Waals surface area (Å²) in [6, 6.07) is -2.11. The number of halogens is 5. The highest BCUT2D eigenvalue weighted by Gasteiger charge is 2.47. The summed E-state index contributed by atoms with van der Waals surface area (Å²) in [7, 11) is 0. The molecule has 0 aromatic carbocycles. The first-order valence-corrected chi connectivity index (χ1v) is 12.9. The van der Waals surface area contributed by atoms with Crippen molar-refractivity contribution in [1.29, 1.82) is 5.41 Å². The molecular weight excluding hydrogens is 541 g/mol. The third kappa shape index (κ3) is 5.87. The average molecular weight is 570 g/mol. The fourth-order valence-electron chi connectivity index (χ4n) is 5.19. The summed E-state index contributed by atoms with van der Waals surface area (Å²) in [5.74, 6) is -4.04. The number of fused-ring (bicyclic) bond motifs is 1. The molecule has 2 aromatic heterocycles. The summed E-state index contributed by atoms with van der Waals surface area (Å²) in [6.07, 6.45) is -0.137. The Labute approximate surface area is 225 Å². The van der Waals surface area contributed by atoms with Crippen molar-refractivity contribution in [1.82, 2.24) is 30.1 Å². The van der Waals surface area contributed by atoms with Crippen molar-refractivity contribution in [3.8, 4) is 0 Å². The number of carbonyl (C=O) groups excluding carboxylic acids is 2. The van der Waals surface area contributed by atoms with Gasteiger partial charge >= 0.3 is 12.2 Å². The van der Waals surface area contributed by atoms with Crippen LogP contribution in [-0.4, -0.2) is 66.9 Å². The van der Waals surface area contributed by atoms with E-state index >= 15 is 0 Å². The predicted molar refractivity (Wildman–Crippen MR) is 131 cm³/mol. The second kappa shape index (κ2) is 10.3. The van der Waals surface area contributed by atoms with Crippen LogP contribution in [0.5, 0.6) is 0 Å². The van der Waals surface area contributed by atoms with Gasteiger partial charge in [-0.15, -0.1) is 0 Å². The van der Waals surface area contributed by atoms with Crippen LogP contribution in [0.25, 0.3) is 5.65 Å². The van der Waals surface area contributed by atoms with Gasteiger partial charge in [0, 0.05) is 25.3 Å². The SMILES string of the molecule is N=C(/C(=C\O)C(=O)N[C@H](c1cn2ncc(CN3C[C@@H](C(F)(F)F)NC3=O)cc2n1)C1CCC(F)(F)CC1)C1CC1. The van der Waals surface area contributed by atoms with Gasteiger partial charge in [-0.05, 0) is 43.2 Å². The van der Waals surface area contributed by atoms with Crippen LogP contribution in [0.4, 0.5) is 26.7 Å². The minimum atomic E-state index is -4.57. The Hall–Kier alpha value is -3.78. The number of nitrogens with one attached hydrogen (secondary N) is 3. The molecule has 2 atom stereocenters. The topological polar surface area (TPSA) is 136 Å². The van der Waals surface area contributed by atoms with E-state index in [1.54, 1.807) is 6.07 Å². The highest BCUT2D eigenvalue weighted by atomic mass is 19.4. The summed E-state index contributed by atoms with van der Waals surface area (Å²) < 4.78 is 68.2. The number of carbonyl (C=O) groups is 2. The van der Waals surface area contributed by atoms with Crippen molar-refractivity contribution in [2.45, 2.75) is 69.3 Å². The predicted octanol–water partition coefficient (Wildman–Crippen LogP) is 4.04. The molecule has 4 N–H and O–H groups in total. The molecule has 0 radical (unpaired) electrons. The van der Waals surface area contributed by atoms with Crippen LogP contribution < -0.4 is 10.6 Å². The van der Waals surface area contributed by atoms with E-state index in [1.807, 2.05) is 5.32 Å². The number of aliphatic hydroxyl groups is 1. The third-order valence-electron chi connectivity index (χ3n) is 7.64. The highest BCUT2D eigenvalue weighted by Crippen LogP contribution is 2.41. The van der Waals surface area contributed by atoms with E-state index in [1.165, 1.54) is 16.9 Å². The standard InChI is InChI=1S/C25H28F5N7O3/c26-24(27)5-3-15(4-6-24)21(35-22(39)16(12-38)20(31)14-1-2-14)17-10-37-19(33-17)7-13(8-32-37)9-36-11-18(25(28,29)30)34-23(36)40/h7-8,10,12,14-15,18,21,31,38H,1-6,9,11H2,(H,34,40)(H,35,39)/b16-12+,31-20?/t18-,21-/m0/s1. The first-order valence-electron chi connectivity index (χ1n) is 12.9. The molecule has 3 amide bonds. The van der Waals surface area contributed by atoms with Crippen LogP contribution in [0.3, 0.4) is 0 Å². The van der Waals surface area contributed by atoms with E-state index in [2.05, 4.69) is 15.4 Å². The van der Waals surface area contributed by atoms with Crippen LogP contribution in [0.15, 0.2) is 30.3 Å². The zero-order valence-corrected chi connectivity index (χ0v) is 21.2. The number of aliphatic hydroxyl groups excluding tert-OH is 1. The van der Waals surface area contributed by atoms with Gasteiger partial charge in [0.1, 0.15) is 6.04 Å². The fourth-order valence-corrected chi connectivity index (χ4v) is 5.19. The van der Waals surface area contributed by atoms with Gasteiger partial charge in [-0.2, -0.15) is 18.3 Å². The molecule has 1 aliphatic heterocycles. The number of alkyl halides is 5. The van der Waals surface area contributed by atoms with E-state index in [0.717, 1.165) is 17.7 Å². The number of nitrogens with zero attached hydrogens (tertiary/aromatic N) is 4. The van der Waals surface area contributed by atoms with Gasteiger partial charge in [0.25, 0.3) is 5.91 Å². The summed E-state index contributed by atoms with van der Waals surface area (Å²) in [5, 5.41) is 26.8. The Bertz CT molecular complexity index is 1340. The van der Waals surface area contributed by atoms with E-state index in [9.17, 15) is 36.6 Å². The smallest absolute Gasteiger partial charge is 0.410 e. The Morgan fingerprint density at radius 3 is 2.58 bits per heavy atom. The largest absolute Gasteiger partial charge is 0.515 e. The summed E-state index contributed by atoms with van der Waals surface area (Å²) >= 11 is 0. The molecule has 0 bridgehead atoms. The molecule has 10 nitrogen and oxygen atoms in total. The van der Waals surface area contributed by atoms with Crippen molar-refractivity contribution < 1.29 is 36.6 Å². The Kier molecular flexibility index (Phi) is 7.17. The number of rotatable bonds is 8. The molecule has 216 valence electrons. The van der Waals surface area contributed by atoms with Crippen LogP contribution in [0.1, 0.15) is 55.8 Å². The lowest BCUT2D eigenvalue weighted by molar-refractivity contribution is -0.149. The van der Waals surface area contributed by atoms with Crippen LogP contribution in [0, 0.1) is 17.2 Å². The van der Waals surface area contributed by atoms with E-state index < -0.39 is 48.6 Å². The van der Waals surface area contributed by atoms with Gasteiger partial charge in [-0.1, -0.05) is 0 Å². The molecule has 40 heavy (non-hydrogen) atoms. The van der Waals surface area contributed by atoms with E-state index in [0.29, 0.717) is 17.5 Å². The van der Waals surface area contributed by atoms with Gasteiger partial charge in [0.05, 0.1) is 48.2 Å². The molecule has 2 saturated carbocycles. The van der Waals surface area contributed by atoms with Gasteiger partial charge < -0.3 is 26.0 Å². The Morgan fingerprint density at radius 2 is 1.98 bits per heavy atom. The van der Waals surface area contributed by atoms with Crippen LogP contribution in [-0.2, 0) is 11.3 Å². The zero-order chi connectivity index (χ0) is 28.8. The van der Waals surface area contributed by atoms with E-state index in [4.69, 9.17) is 5.41 Å². The van der Waals surface area contributed by atoms with Crippen molar-refractivity contribution in [2.24, 2.45) is 11.8 Å². The third-order valence-corrected chi connectivity index (χ3v) is 7.64. The maximum absolute atomic E-state index is 13.9. The van der Waals surface area contributed by atoms with Gasteiger partial charge in [0.2, 0.25) is 5.92 Å². The van der Waals surface area contributed by atoms with Gasteiger partial charge in [-0.25, -0.2) is 23.1 Å². The van der Waals surface area contributed by atoms with Crippen molar-refractivity contribution in [2.75, 3.05) is 6.54 Å². The second-order valence-corrected chi connectivity index (χ2v) is 10.6. The van der Waals surface area contributed by atoms with Crippen LogP contribution >= 0.6 is 0 Å². The van der Waals surface area contributed by atoms with E-state index in [-0.39, 0.29) is 55.1 Å². The number of aromatic nitrogens is 3. The molecule has 2 aromatic rings. The van der Waals surface area contributed by atoms with Crippen molar-refractivity contribution >= 4 is 23.3 Å². The monoisotopic (exact) mass is 569 g/mol. The first-order chi connectivity index (χ1) is 18.8. The lowest BCUT2D eigenvalue weighted by Crippen LogP contribution is -2.40. The lowest BCUT2D eigenvalue weighted by atomic mass is 9.81. The Balaban J connectivity index is 1.38. The lowest BCUT2D eigenvalue weighted by Gasteiger charge is -2.33. The molecular formula is C25H28F5N7O3. The highest BCUT2D eigenvalue weighted by molar-refractivity contribution is 6.21. The van der Waals surface area contributed by atoms with Gasteiger partial charge in [0.15, 0.2) is 5.65 Å². The summed E-state index contributed by atoms with van der Waals surface area (Å²) in [5.41, 5.74) is 0.833. The van der Waals surface area contributed by atoms with Crippen molar-refractivity contribution in [3.63, 3.8) is 0 Å². The average Bonchev–Trinajstić information content (AvgIpc) is 3.55. The minimum absolute atomic E-state index is 0.00829. The van der Waals surface area contributed by atoms with Gasteiger partial charge in [-0.3, -0.25) is 4.79 Å². The summed E-state index contributed by atoms with van der Waals surface area (Å²) in [6.45, 7) is -0.694. The molecule has 3 fully saturated rings. The Morgan fingerprint density at radius 1 is 1.27 bits per heavy atom. The number of imidazole rings is 1. The second-order valence-electron chi connectivity index (χ2n) is 10.6. The maximum atomic E-state index is 13.9. The molecule has 3 heterocycles. The van der Waals surface area contributed by atoms with Crippen molar-refractivity contribution in [3.05, 3.63) is 41.6 Å². The molecule has 0 unspecified atom stereocenters. The van der Waals surface area contributed by atoms with Crippen LogP contribution in [0.2, 0.25) is 0 Å². The molecule has 1 saturated heterocycles. The zero-order valence-electron chi connectivity index (χ0n) is 21.2. The number of hydrogen-bond donors (Lipinski definition) is 4. The molecule has 15 heteroatoms. The summed E-state index contributed by atoms with van der Waals surface area (Å²) in [4.78, 5) is 30.7. The molecule has 0 spiro atoms. The fraction of sp³-hybridized carbons (Fsp3) is 0.560. The maximum Gasteiger partial charge on any atom is 0.410 e. The molecule has 2 aliphatic carbocycles. The first kappa shape index (κ1) is 27.8. The number of hydrogen-bond acceptors (Lipinski definition) is 6. The number of urea groups is 1. The quantitative estimate of drug-likeness (QED) is 0.165. The number of amides is 3. The minimum Gasteiger partial charge on any atom is -0.515 e. The molecule has 5 rings (SSSR count). The molecule has 3 aliphatic rings.